The molecule has 0 saturated heterocycles. The van der Waals surface area contributed by atoms with Crippen LogP contribution in [0.2, 0.25) is 13.3 Å². The normalized spacial score (nSPS) is 11.2. The average Bonchev–Trinajstić information content (AvgIpc) is 1.54. The number of imidazole rings is 5. The van der Waals surface area contributed by atoms with Gasteiger partial charge in [0, 0.05) is 84.8 Å². The predicted octanol–water partition coefficient (Wildman–Crippen LogP) is 21.1. The van der Waals surface area contributed by atoms with Crippen molar-refractivity contribution >= 4 is 276 Å². The van der Waals surface area contributed by atoms with Gasteiger partial charge in [0.15, 0.2) is 5.69 Å². The van der Waals surface area contributed by atoms with Crippen LogP contribution < -0.4 is 63.2 Å². The number of hydrogen-bond donors (Lipinski definition) is 0. The van der Waals surface area contributed by atoms with E-state index in [4.69, 9.17) is 21.5 Å². The van der Waals surface area contributed by atoms with Crippen LogP contribution in [-0.2, 0) is 31.1 Å². The van der Waals surface area contributed by atoms with Crippen molar-refractivity contribution in [2.45, 2.75) is 79.5 Å². The zero-order valence-electron chi connectivity index (χ0n) is 81.5. The molecule has 26 heteroatoms. The molecule has 0 aliphatic heterocycles. The zero-order chi connectivity index (χ0) is 96.1. The molecule has 14 aromatic carbocycles. The number of aryl methyl sites for hydroxylation is 1. The molecule has 0 fully saturated rings. The third-order valence-electron chi connectivity index (χ3n) is 26.8. The summed E-state index contributed by atoms with van der Waals surface area (Å²) in [5.74, 6) is -0.274. The average molecular weight is 2330 g/mol. The van der Waals surface area contributed by atoms with Crippen LogP contribution in [0.15, 0.2) is 341 Å². The smallest absolute Gasteiger partial charge is 0.115 e. The molecule has 0 unspecified atom stereocenters. The number of aromatic nitrogens is 14. The maximum atomic E-state index is 13.4. The van der Waals surface area contributed by atoms with Gasteiger partial charge in [-0.05, 0) is 93.2 Å². The molecule has 0 amide bonds. The number of nitrogens with zero attached hydrogens (tertiary/aromatic N) is 16. The van der Waals surface area contributed by atoms with Crippen molar-refractivity contribution in [2.75, 3.05) is 19.0 Å². The summed E-state index contributed by atoms with van der Waals surface area (Å²) in [7, 11) is 4.14. The van der Waals surface area contributed by atoms with Crippen LogP contribution in [0.25, 0.3) is 202 Å². The van der Waals surface area contributed by atoms with E-state index in [-0.39, 0.29) is 83.6 Å². The molecule has 0 atom stereocenters. The molecule has 0 aliphatic carbocycles. The Kier molecular flexibility index (Phi) is 34.9. The van der Waals surface area contributed by atoms with E-state index in [1.54, 1.807) is 28.4 Å². The largest absolute Gasteiger partial charge is 0.333 e. The maximum Gasteiger partial charge on any atom is 0.115 e. The van der Waals surface area contributed by atoms with Gasteiger partial charge in [-0.3, -0.25) is 29.3 Å². The van der Waals surface area contributed by atoms with E-state index in [0.717, 1.165) is 137 Å². The molecule has 0 bridgehead atoms. The quantitative estimate of drug-likeness (QED) is 0.0506. The first-order valence-electron chi connectivity index (χ1n) is 47.1. The topological polar surface area (TPSA) is 137 Å². The maximum absolute atomic E-state index is 13.4. The first-order chi connectivity index (χ1) is 69.0. The number of pyridine rings is 7. The number of anilines is 1. The van der Waals surface area contributed by atoms with Gasteiger partial charge in [0.25, 0.3) is 0 Å². The predicted molar refractivity (Wildman–Crippen MR) is 590 cm³/mol. The summed E-state index contributed by atoms with van der Waals surface area (Å²) in [6.45, 7) is 16.6. The minimum Gasteiger partial charge on any atom is -0.333 e. The Morgan fingerprint density at radius 3 is 1.49 bits per heavy atom. The Labute approximate surface area is 925 Å². The van der Waals surface area contributed by atoms with Crippen LogP contribution in [0.3, 0.4) is 0 Å². The fourth-order valence-electron chi connectivity index (χ4n) is 20.5. The summed E-state index contributed by atoms with van der Waals surface area (Å²) in [5.41, 5.74) is 22.0. The van der Waals surface area contributed by atoms with Crippen LogP contribution in [0.5, 0.6) is 0 Å². The van der Waals surface area contributed by atoms with Gasteiger partial charge < -0.3 is 43.9 Å². The van der Waals surface area contributed by atoms with Crippen molar-refractivity contribution in [1.29, 1.82) is 0 Å². The number of unbranched alkanes of at least 4 members (excludes halogenated alkanes) is 3. The first-order valence-corrected chi connectivity index (χ1v) is 70.5. The van der Waals surface area contributed by atoms with E-state index in [0.29, 0.717) is 5.69 Å². The number of hydrogen-bond acceptors (Lipinski definition) is 9. The van der Waals surface area contributed by atoms with Crippen LogP contribution >= 0.6 is 33.4 Å². The number of rotatable bonds is 12. The van der Waals surface area contributed by atoms with Crippen LogP contribution in [-0.4, -0.2) is 122 Å². The summed E-state index contributed by atoms with van der Waals surface area (Å²) in [6.07, 6.45) is 23.0. The zero-order valence-corrected chi connectivity index (χ0v) is 97.0. The molecular formula is C118H92Br2FILi2MgN16SnZn2. The Morgan fingerprint density at radius 1 is 0.424 bits per heavy atom. The van der Waals surface area contributed by atoms with Crippen molar-refractivity contribution < 1.29 is 90.2 Å². The van der Waals surface area contributed by atoms with Gasteiger partial charge in [0.05, 0.1) is 62.4 Å². The minimum absolute atomic E-state index is 0. The molecule has 684 valence electrons. The molecule has 27 aromatic rings. The Bertz CT molecular complexity index is 9330. The molecule has 0 N–H and O–H groups in total. The SMILES string of the molecule is CCC[CH2][Sn]([CH2]CCC)([CH2]CCC)[c]1cccc2c3ccccc3n3c(C)cnc3c12.CN(C)c1ccc2c3ccc[c-]c3c3nc4ccccc4n3c2c1.Fc1c[c-]c2c(c1)c1ccccc1n1ccnc21.[Br-].[C-]#[N+]c1cccc(-c2cc[c-]c3c2c2ccccc2n2ccnc32)c1.[Li+].[Li+].[Mg+2].[Zn+][Br].[Zn+][I].[c-]1cccc2c1c1nc3ccccc3n1c1ccccc21.[c-]1cccc2c1c1nncn1c1cnccc21. The van der Waals surface area contributed by atoms with Gasteiger partial charge in [-0.2, -0.15) is 5.10 Å². The van der Waals surface area contributed by atoms with Gasteiger partial charge >= 0.3 is 318 Å². The van der Waals surface area contributed by atoms with Gasteiger partial charge in [-0.1, -0.05) is 158 Å². The summed E-state index contributed by atoms with van der Waals surface area (Å²) >= 11 is 5.26. The van der Waals surface area contributed by atoms with Gasteiger partial charge in [0.2, 0.25) is 0 Å². The summed E-state index contributed by atoms with van der Waals surface area (Å²) < 4.78 is 32.6. The van der Waals surface area contributed by atoms with Gasteiger partial charge in [0.1, 0.15) is 6.33 Å². The molecular weight excluding hydrogens is 2230 g/mol. The standard InChI is InChI=1S/C22H12N3.C21H16N3.C19H11N2.C16H11N2.C15H8FN2.C13H7N4.3C4H9.2BrH.HI.2Li.Mg.Sn.2Zn/c1-23-16-7-4-6-15(14-16)17-9-5-10-19-21(17)18-8-2-3-11-20(18)25-13-12-24-22(19)25;1-23(2)14-11-12-16-15-7-3-4-8-17(15)21-22-18-9-5-6-10-19(18)24(21)20(16)13-14;1-2-9-15-13(7-1)14-8-3-5-11-17(14)21-18-12-6-4-10-16(18)20-19(15)21;1-11-10-17-16-14-8-3-2-6-12(14)13-7-4-5-9-15(13)18(11)16;16-10-5-6-12-13(9-10)11-3-1-2-4-14(11)18-8-7-17-15(12)18;1-2-4-11-9(3-1)10-5-6-14-7-12(10)17-8-15-16-13(11)17;3*1-3-4-2;;;;;;;;;/h2-9,11-14H;3-7,9-13H,1-2H3;1-8,10-12H;2-7,9-10H,1H3;1-5,7-9H;1-3,5-8H;3*1,3-4H2,2H3;3*1H;;;;;;/q3*-1;;2*-1;;;;;;;2*+1;+2;;2*+2/p-3. The van der Waals surface area contributed by atoms with Crippen molar-refractivity contribution in [3.63, 3.8) is 0 Å². The van der Waals surface area contributed by atoms with Crippen LogP contribution in [0.4, 0.5) is 15.8 Å². The third kappa shape index (κ3) is 19.9. The van der Waals surface area contributed by atoms with Crippen molar-refractivity contribution in [3.8, 4) is 11.1 Å². The summed E-state index contributed by atoms with van der Waals surface area (Å²) in [6, 6.07) is 115. The number of halogens is 4. The second-order valence-corrected chi connectivity index (χ2v) is 48.1. The number of para-hydroxylation sites is 8. The molecule has 16 nitrogen and oxygen atoms in total. The summed E-state index contributed by atoms with van der Waals surface area (Å²) in [5, 5.41) is 28.6. The van der Waals surface area contributed by atoms with E-state index >= 15 is 0 Å². The van der Waals surface area contributed by atoms with E-state index in [1.165, 1.54) is 160 Å². The van der Waals surface area contributed by atoms with Crippen molar-refractivity contribution in [3.05, 3.63) is 394 Å². The second-order valence-electron chi connectivity index (χ2n) is 35.0. The minimum atomic E-state index is -2.61. The molecule has 13 heterocycles. The monoisotopic (exact) mass is 2320 g/mol. The van der Waals surface area contributed by atoms with E-state index in [1.807, 2.05) is 149 Å². The molecule has 27 rings (SSSR count). The van der Waals surface area contributed by atoms with Gasteiger partial charge in [-0.15, -0.1) is 125 Å². The van der Waals surface area contributed by atoms with E-state index in [2.05, 4.69) is 328 Å². The molecule has 144 heavy (non-hydrogen) atoms. The van der Waals surface area contributed by atoms with Crippen molar-refractivity contribution in [2.24, 2.45) is 0 Å². The first kappa shape index (κ1) is 106. The van der Waals surface area contributed by atoms with Crippen molar-refractivity contribution in [1.82, 2.24) is 66.5 Å². The van der Waals surface area contributed by atoms with E-state index in [9.17, 15) is 4.39 Å². The Hall–Kier alpha value is -11.1. The number of benzene rings is 14. The van der Waals surface area contributed by atoms with Gasteiger partial charge in [-0.25, -0.2) is 4.85 Å². The Morgan fingerprint density at radius 2 is 0.903 bits per heavy atom. The van der Waals surface area contributed by atoms with Crippen LogP contribution in [0, 0.1) is 49.6 Å². The Balaban J connectivity index is 0.000000123. The fourth-order valence-corrected chi connectivity index (χ4v) is 37.3. The summed E-state index contributed by atoms with van der Waals surface area (Å²) in [4.78, 5) is 33.5. The molecule has 0 spiro atoms. The van der Waals surface area contributed by atoms with Crippen LogP contribution in [0.1, 0.15) is 65.0 Å². The molecule has 13 aromatic heterocycles. The molecule has 0 saturated carbocycles. The second kappa shape index (κ2) is 47.6. The number of fused-ring (bicyclic) bond motifs is 40. The van der Waals surface area contributed by atoms with E-state index < -0.39 is 18.4 Å². The fraction of sp³-hybridized carbons (Fsp3) is 0.127. The molecule has 0 aliphatic rings. The third-order valence-corrected chi connectivity index (χ3v) is 42.5. The molecule has 0 radical (unpaired) electrons.